The molecule has 3 atom stereocenters. The van der Waals surface area contributed by atoms with E-state index >= 15 is 0 Å². The topological polar surface area (TPSA) is 165 Å². The standard InChI is InChI=1S/C49H56F3N13O3/c50-35-2-8-43(41(19-35)57-40-7-10-45(66)59-48(40)67)61-17-15-60(16-18-61)36-3-5-37(6-4-36)64-25-34(23-55-64)42-28-65-47(33(20-53)22-56-65)46(58-42)32-1-9-44(54-21-32)62-26-38-29-68-30-39(27-62)63(38)24-31-11-13-49(51,52)14-12-31/h1-2,8-9,19,21-23,25,28,31,36-40,57H,3-7,10-18,24,26-27,29-30H2,(H,59,66,67)/t36?,37?,38-,39+,40?. The third-order valence-electron chi connectivity index (χ3n) is 15.3. The molecular weight excluding hydrogens is 876 g/mol. The van der Waals surface area contributed by atoms with Gasteiger partial charge in [0, 0.05) is 94.6 Å². The number of nitrogens with zero attached hydrogens (tertiary/aromatic N) is 11. The molecule has 2 N–H and O–H groups in total. The van der Waals surface area contributed by atoms with Crippen LogP contribution in [0.2, 0.25) is 0 Å². The predicted octanol–water partition coefficient (Wildman–Crippen LogP) is 5.90. The van der Waals surface area contributed by atoms with Gasteiger partial charge in [-0.1, -0.05) is 0 Å². The van der Waals surface area contributed by atoms with E-state index in [9.17, 15) is 28.0 Å². The Morgan fingerprint density at radius 3 is 2.32 bits per heavy atom. The summed E-state index contributed by atoms with van der Waals surface area (Å²) in [4.78, 5) is 43.8. The number of alkyl halides is 2. The molecule has 6 aliphatic rings. The van der Waals surface area contributed by atoms with E-state index < -0.39 is 12.0 Å². The summed E-state index contributed by atoms with van der Waals surface area (Å²) in [6.45, 7) is 6.81. The number of imide groups is 1. The highest BCUT2D eigenvalue weighted by atomic mass is 19.3. The summed E-state index contributed by atoms with van der Waals surface area (Å²) >= 11 is 0. The minimum Gasteiger partial charge on any atom is -0.378 e. The lowest BCUT2D eigenvalue weighted by Gasteiger charge is -2.51. The monoisotopic (exact) mass is 931 g/mol. The number of amides is 2. The van der Waals surface area contributed by atoms with Gasteiger partial charge in [0.15, 0.2) is 0 Å². The number of ether oxygens (including phenoxy) is 1. The number of carbonyl (C=O) groups excluding carboxylic acids is 2. The fourth-order valence-electron chi connectivity index (χ4n) is 11.5. The van der Waals surface area contributed by atoms with Crippen LogP contribution in [0.5, 0.6) is 0 Å². The number of hydrogen-bond acceptors (Lipinski definition) is 13. The highest BCUT2D eigenvalue weighted by molar-refractivity contribution is 6.01. The number of anilines is 3. The van der Waals surface area contributed by atoms with Gasteiger partial charge in [0.1, 0.15) is 34.8 Å². The second kappa shape index (κ2) is 18.4. The van der Waals surface area contributed by atoms with Crippen molar-refractivity contribution in [3.8, 4) is 28.6 Å². The molecule has 4 aromatic heterocycles. The lowest BCUT2D eigenvalue weighted by atomic mass is 9.85. The maximum absolute atomic E-state index is 14.4. The van der Waals surface area contributed by atoms with Gasteiger partial charge >= 0.3 is 0 Å². The molecule has 5 aromatic rings. The zero-order chi connectivity index (χ0) is 46.5. The summed E-state index contributed by atoms with van der Waals surface area (Å²) in [6, 6.07) is 11.4. The molecule has 19 heteroatoms. The van der Waals surface area contributed by atoms with Crippen molar-refractivity contribution in [1.29, 1.82) is 5.26 Å². The van der Waals surface area contributed by atoms with Gasteiger partial charge in [-0.25, -0.2) is 27.7 Å². The van der Waals surface area contributed by atoms with Gasteiger partial charge in [-0.3, -0.25) is 29.4 Å². The Balaban J connectivity index is 0.727. The third-order valence-corrected chi connectivity index (χ3v) is 15.3. The van der Waals surface area contributed by atoms with Crippen molar-refractivity contribution in [3.05, 3.63) is 72.7 Å². The van der Waals surface area contributed by atoms with Crippen LogP contribution in [0.15, 0.2) is 61.3 Å². The fourth-order valence-corrected chi connectivity index (χ4v) is 11.5. The molecule has 356 valence electrons. The van der Waals surface area contributed by atoms with Gasteiger partial charge in [0.25, 0.3) is 0 Å². The zero-order valence-electron chi connectivity index (χ0n) is 38.0. The quantitative estimate of drug-likeness (QED) is 0.159. The van der Waals surface area contributed by atoms with E-state index in [1.807, 2.05) is 30.7 Å². The van der Waals surface area contributed by atoms with Crippen LogP contribution in [0.1, 0.15) is 75.8 Å². The molecule has 2 bridgehead atoms. The van der Waals surface area contributed by atoms with E-state index in [0.29, 0.717) is 66.7 Å². The van der Waals surface area contributed by atoms with Gasteiger partial charge in [0.2, 0.25) is 17.7 Å². The molecule has 2 amide bonds. The van der Waals surface area contributed by atoms with Gasteiger partial charge in [-0.2, -0.15) is 15.5 Å². The van der Waals surface area contributed by atoms with Crippen LogP contribution in [-0.2, 0) is 14.3 Å². The van der Waals surface area contributed by atoms with Crippen LogP contribution < -0.4 is 20.4 Å². The Morgan fingerprint density at radius 1 is 0.838 bits per heavy atom. The van der Waals surface area contributed by atoms with E-state index in [1.165, 1.54) is 12.1 Å². The number of nitriles is 1. The Hall–Kier alpha value is -6.10. The van der Waals surface area contributed by atoms with Gasteiger partial charge < -0.3 is 19.9 Å². The molecular formula is C49H56F3N13O3. The maximum Gasteiger partial charge on any atom is 0.249 e. The summed E-state index contributed by atoms with van der Waals surface area (Å²) in [5.74, 6) is -2.45. The first-order valence-electron chi connectivity index (χ1n) is 24.2. The Bertz CT molecular complexity index is 2680. The van der Waals surface area contributed by atoms with E-state index in [4.69, 9.17) is 19.8 Å². The van der Waals surface area contributed by atoms with Gasteiger partial charge in [-0.05, 0) is 81.2 Å². The van der Waals surface area contributed by atoms with Crippen molar-refractivity contribution in [1.82, 2.24) is 44.5 Å². The van der Waals surface area contributed by atoms with Crippen molar-refractivity contribution in [2.45, 2.75) is 100 Å². The van der Waals surface area contributed by atoms with Crippen LogP contribution >= 0.6 is 0 Å². The minimum atomic E-state index is -2.53. The molecule has 6 fully saturated rings. The van der Waals surface area contributed by atoms with E-state index in [0.717, 1.165) is 94.1 Å². The highest BCUT2D eigenvalue weighted by Crippen LogP contribution is 2.39. The third kappa shape index (κ3) is 9.01. The highest BCUT2D eigenvalue weighted by Gasteiger charge is 2.42. The van der Waals surface area contributed by atoms with Crippen molar-refractivity contribution in [2.75, 3.05) is 74.1 Å². The molecule has 11 rings (SSSR count). The number of halogens is 3. The summed E-state index contributed by atoms with van der Waals surface area (Å²) in [6.07, 6.45) is 14.9. The molecule has 16 nitrogen and oxygen atoms in total. The number of aromatic nitrogens is 6. The molecule has 4 aliphatic heterocycles. The van der Waals surface area contributed by atoms with E-state index in [2.05, 4.69) is 52.3 Å². The van der Waals surface area contributed by atoms with Crippen molar-refractivity contribution < 1.29 is 27.5 Å². The summed E-state index contributed by atoms with van der Waals surface area (Å²) in [5.41, 5.74) is 5.36. The summed E-state index contributed by atoms with van der Waals surface area (Å²) in [5, 5.41) is 25.0. The first-order valence-corrected chi connectivity index (χ1v) is 24.2. The number of fused-ring (bicyclic) bond motifs is 3. The maximum atomic E-state index is 14.4. The number of piperazine rings is 2. The van der Waals surface area contributed by atoms with Gasteiger partial charge in [0.05, 0.1) is 72.7 Å². The van der Waals surface area contributed by atoms with Crippen molar-refractivity contribution in [3.63, 3.8) is 0 Å². The molecule has 4 saturated heterocycles. The number of hydrogen-bond donors (Lipinski definition) is 2. The van der Waals surface area contributed by atoms with Gasteiger partial charge in [-0.15, -0.1) is 0 Å². The molecule has 8 heterocycles. The number of benzene rings is 1. The van der Waals surface area contributed by atoms with Crippen molar-refractivity contribution >= 4 is 34.5 Å². The number of morpholine rings is 1. The number of carbonyl (C=O) groups is 2. The summed E-state index contributed by atoms with van der Waals surface area (Å²) in [7, 11) is 0. The average Bonchev–Trinajstić information content (AvgIpc) is 4.01. The van der Waals surface area contributed by atoms with Crippen LogP contribution in [0, 0.1) is 23.1 Å². The number of pyridine rings is 1. The fraction of sp³-hybridized carbons (Fsp3) is 0.531. The second-order valence-electron chi connectivity index (χ2n) is 19.6. The molecule has 0 radical (unpaired) electrons. The SMILES string of the molecule is N#Cc1cnn2cc(-c3cnn(C4CCC(N5CCN(c6ccc(F)cc6NC6CCC(=O)NC6=O)CC5)CC4)c3)nc(-c3ccc(N4C[C@H]5COC[C@@H](C4)N5CC4CCC(F)(F)CC4)nc3)c12. The van der Waals surface area contributed by atoms with Crippen molar-refractivity contribution in [2.24, 2.45) is 5.92 Å². The molecule has 68 heavy (non-hydrogen) atoms. The Kier molecular flexibility index (Phi) is 12.0. The Morgan fingerprint density at radius 2 is 1.60 bits per heavy atom. The smallest absolute Gasteiger partial charge is 0.249 e. The average molecular weight is 932 g/mol. The number of piperidine rings is 1. The molecule has 0 spiro atoms. The molecule has 1 aromatic carbocycles. The first-order chi connectivity index (χ1) is 33.0. The predicted molar refractivity (Wildman–Crippen MR) is 248 cm³/mol. The Labute approximate surface area is 392 Å². The number of rotatable bonds is 10. The lowest BCUT2D eigenvalue weighted by Crippen LogP contribution is -2.65. The molecule has 2 saturated carbocycles. The summed E-state index contributed by atoms with van der Waals surface area (Å²) < 4.78 is 51.9. The first kappa shape index (κ1) is 44.4. The molecule has 1 unspecified atom stereocenters. The minimum absolute atomic E-state index is 0.0200. The van der Waals surface area contributed by atoms with E-state index in [-0.39, 0.29) is 60.9 Å². The lowest BCUT2D eigenvalue weighted by molar-refractivity contribution is -0.133. The normalized spacial score (nSPS) is 26.2. The largest absolute Gasteiger partial charge is 0.378 e. The van der Waals surface area contributed by atoms with Crippen LogP contribution in [0.3, 0.4) is 0 Å². The van der Waals surface area contributed by atoms with Crippen LogP contribution in [-0.4, -0.2) is 140 Å². The van der Waals surface area contributed by atoms with E-state index in [1.54, 1.807) is 16.8 Å². The number of nitrogens with one attached hydrogen (secondary N) is 2. The van der Waals surface area contributed by atoms with Crippen LogP contribution in [0.4, 0.5) is 30.4 Å². The molecule has 2 aliphatic carbocycles. The zero-order valence-corrected chi connectivity index (χ0v) is 38.0. The van der Waals surface area contributed by atoms with Crippen LogP contribution in [0.25, 0.3) is 28.0 Å². The second-order valence-corrected chi connectivity index (χ2v) is 19.6.